The van der Waals surface area contributed by atoms with Crippen molar-refractivity contribution in [1.29, 1.82) is 0 Å². The van der Waals surface area contributed by atoms with Gasteiger partial charge in [0.1, 0.15) is 11.6 Å². The summed E-state index contributed by atoms with van der Waals surface area (Å²) in [7, 11) is -2.22. The molecule has 0 radical (unpaired) electrons. The van der Waals surface area contributed by atoms with Crippen LogP contribution < -0.4 is 4.72 Å². The summed E-state index contributed by atoms with van der Waals surface area (Å²) in [4.78, 5) is 27.6. The second kappa shape index (κ2) is 8.38. The first-order chi connectivity index (χ1) is 15.1. The van der Waals surface area contributed by atoms with Crippen LogP contribution in [0.25, 0.3) is 0 Å². The van der Waals surface area contributed by atoms with Crippen molar-refractivity contribution in [3.8, 4) is 0 Å². The fraction of sp³-hybridized carbons (Fsp3) is 0.524. The molecule has 1 aliphatic heterocycles. The predicted octanol–water partition coefficient (Wildman–Crippen LogP) is 1.48. The molecule has 10 nitrogen and oxygen atoms in total. The van der Waals surface area contributed by atoms with Crippen LogP contribution in [0.2, 0.25) is 0 Å². The van der Waals surface area contributed by atoms with Gasteiger partial charge >= 0.3 is 11.9 Å². The Kier molecular flexibility index (Phi) is 5.91. The van der Waals surface area contributed by atoms with E-state index < -0.39 is 33.4 Å². The van der Waals surface area contributed by atoms with Crippen LogP contribution in [0, 0.1) is 12.8 Å². The third-order valence-electron chi connectivity index (χ3n) is 5.79. The van der Waals surface area contributed by atoms with Crippen LogP contribution >= 0.6 is 0 Å². The zero-order chi connectivity index (χ0) is 23.1. The van der Waals surface area contributed by atoms with E-state index in [2.05, 4.69) is 9.88 Å². The highest BCUT2D eigenvalue weighted by atomic mass is 32.2. The van der Waals surface area contributed by atoms with Gasteiger partial charge in [-0.25, -0.2) is 17.9 Å². The summed E-state index contributed by atoms with van der Waals surface area (Å²) in [5, 5.41) is 3.81. The number of allylic oxidation sites excluding steroid dienone is 2. The molecule has 1 N–H and O–H groups in total. The lowest BCUT2D eigenvalue weighted by molar-refractivity contribution is -0.441. The van der Waals surface area contributed by atoms with Crippen LogP contribution in [-0.4, -0.2) is 66.5 Å². The smallest absolute Gasteiger partial charge is 0.385 e. The van der Waals surface area contributed by atoms with Gasteiger partial charge in [-0.3, -0.25) is 0 Å². The number of aromatic nitrogens is 1. The van der Waals surface area contributed by atoms with Crippen molar-refractivity contribution in [3.05, 3.63) is 40.7 Å². The minimum absolute atomic E-state index is 0.0226. The number of amides is 3. The minimum atomic E-state index is -3.79. The number of carbonyl (C=O) groups excluding carboxylic acids is 2. The molecule has 2 heterocycles. The molecule has 32 heavy (non-hydrogen) atoms. The summed E-state index contributed by atoms with van der Waals surface area (Å²) in [6.45, 7) is 4.28. The zero-order valence-electron chi connectivity index (χ0n) is 18.3. The van der Waals surface area contributed by atoms with Crippen molar-refractivity contribution in [2.24, 2.45) is 5.92 Å². The second-order valence-electron chi connectivity index (χ2n) is 8.61. The average Bonchev–Trinajstić information content (AvgIpc) is 3.31. The van der Waals surface area contributed by atoms with Gasteiger partial charge < -0.3 is 9.26 Å². The maximum absolute atomic E-state index is 13.3. The molecule has 1 aromatic heterocycles. The van der Waals surface area contributed by atoms with Crippen molar-refractivity contribution < 1.29 is 31.8 Å². The summed E-state index contributed by atoms with van der Waals surface area (Å²) >= 11 is 0. The number of hydrogen-bond donors (Lipinski definition) is 1. The largest absolute Gasteiger partial charge is 0.501 e. The molecule has 1 unspecified atom stereocenters. The lowest BCUT2D eigenvalue weighted by atomic mass is 9.94. The summed E-state index contributed by atoms with van der Waals surface area (Å²) in [5.41, 5.74) is 0.652. The van der Waals surface area contributed by atoms with Crippen molar-refractivity contribution in [2.45, 2.75) is 45.2 Å². The van der Waals surface area contributed by atoms with Crippen LogP contribution in [0.3, 0.4) is 0 Å². The maximum atomic E-state index is 13.3. The Morgan fingerprint density at radius 3 is 2.72 bits per heavy atom. The average molecular weight is 464 g/mol. The first-order valence-electron chi connectivity index (χ1n) is 10.5. The Hall–Kier alpha value is -2.63. The number of nitrogens with zero attached hydrogens (tertiary/aromatic N) is 3. The summed E-state index contributed by atoms with van der Waals surface area (Å²) in [5.74, 6) is -1.03. The van der Waals surface area contributed by atoms with Crippen LogP contribution in [0.1, 0.15) is 37.6 Å². The second-order valence-corrected chi connectivity index (χ2v) is 10.3. The number of ether oxygens (including phenoxy) is 1. The van der Waals surface area contributed by atoms with Gasteiger partial charge in [0.2, 0.25) is 10.0 Å². The van der Waals surface area contributed by atoms with Gasteiger partial charge in [-0.2, -0.15) is 14.3 Å². The number of imide groups is 1. The number of hydrogen-bond acceptors (Lipinski definition) is 7. The van der Waals surface area contributed by atoms with Gasteiger partial charge in [-0.05, 0) is 44.9 Å². The number of fused-ring (bicyclic) bond motifs is 1. The van der Waals surface area contributed by atoms with E-state index in [1.54, 1.807) is 26.2 Å². The van der Waals surface area contributed by atoms with E-state index in [9.17, 15) is 18.0 Å². The Morgan fingerprint density at radius 2 is 2.09 bits per heavy atom. The highest BCUT2D eigenvalue weighted by Gasteiger charge is 2.49. The Morgan fingerprint density at radius 1 is 1.34 bits per heavy atom. The molecule has 1 saturated carbocycles. The van der Waals surface area contributed by atoms with Crippen LogP contribution in [0.5, 0.6) is 0 Å². The van der Waals surface area contributed by atoms with E-state index >= 15 is 0 Å². The molecule has 172 valence electrons. The summed E-state index contributed by atoms with van der Waals surface area (Å²) in [6, 6.07) is 1.17. The van der Waals surface area contributed by atoms with Crippen molar-refractivity contribution in [2.75, 3.05) is 20.3 Å². The summed E-state index contributed by atoms with van der Waals surface area (Å²) in [6.07, 6.45) is 6.52. The molecule has 0 saturated heterocycles. The summed E-state index contributed by atoms with van der Waals surface area (Å²) < 4.78 is 40.2. The first-order valence-corrected chi connectivity index (χ1v) is 12.0. The molecule has 1 aromatic rings. The number of rotatable bonds is 9. The number of carbonyl (C=O) groups is 2. The molecule has 1 fully saturated rings. The molecular formula is C21H27N4O6S+. The van der Waals surface area contributed by atoms with Crippen molar-refractivity contribution in [3.63, 3.8) is 0 Å². The molecule has 1 atom stereocenters. The van der Waals surface area contributed by atoms with Crippen LogP contribution in [0.4, 0.5) is 4.79 Å². The van der Waals surface area contributed by atoms with Crippen molar-refractivity contribution in [1.82, 2.24) is 14.8 Å². The first kappa shape index (κ1) is 22.6. The third-order valence-corrected chi connectivity index (χ3v) is 7.44. The van der Waals surface area contributed by atoms with E-state index in [0.29, 0.717) is 36.7 Å². The topological polar surface area (TPSA) is 122 Å². The van der Waals surface area contributed by atoms with Gasteiger partial charge in [0, 0.05) is 31.7 Å². The van der Waals surface area contributed by atoms with Gasteiger partial charge in [0.25, 0.3) is 0 Å². The predicted molar refractivity (Wildman–Crippen MR) is 114 cm³/mol. The Labute approximate surface area is 186 Å². The standard InChI is InChI=1S/C21H27N4O6S/c1-14-11-15(31-22-14)13-25-19(26)17-12-16(32(28,29)23-21(2)7-8-21)5-6-18(17)24(20(25)27)9-4-10-30-3/h5-6,11-12,17,23H,4,7-10,13H2,1-3H3/q+1. The van der Waals surface area contributed by atoms with E-state index in [4.69, 9.17) is 9.26 Å². The lowest BCUT2D eigenvalue weighted by Gasteiger charge is -2.27. The molecule has 3 amide bonds. The highest BCUT2D eigenvalue weighted by molar-refractivity contribution is 7.93. The van der Waals surface area contributed by atoms with Crippen molar-refractivity contribution >= 4 is 27.7 Å². The SMILES string of the molecule is COCCC[N+]1=C2C=CC(S(=O)(=O)NC3(C)CC3)=CC2C(=O)N(Cc2cc(C)no2)C1=O. The van der Waals surface area contributed by atoms with Gasteiger partial charge in [0.05, 0.1) is 17.1 Å². The highest BCUT2D eigenvalue weighted by Crippen LogP contribution is 2.36. The number of sulfonamides is 1. The van der Waals surface area contributed by atoms with Gasteiger partial charge in [-0.15, -0.1) is 0 Å². The molecule has 2 aliphatic carbocycles. The molecular weight excluding hydrogens is 436 g/mol. The fourth-order valence-electron chi connectivity index (χ4n) is 3.79. The van der Waals surface area contributed by atoms with Crippen LogP contribution in [-0.2, 0) is 26.1 Å². The zero-order valence-corrected chi connectivity index (χ0v) is 19.1. The Balaban J connectivity index is 1.68. The van der Waals surface area contributed by atoms with E-state index in [1.165, 1.54) is 16.7 Å². The normalized spacial score (nSPS) is 22.3. The molecule has 3 aliphatic rings. The number of aryl methyl sites for hydroxylation is 1. The lowest BCUT2D eigenvalue weighted by Crippen LogP contribution is -2.54. The van der Waals surface area contributed by atoms with E-state index in [1.807, 2.05) is 6.92 Å². The van der Waals surface area contributed by atoms with Gasteiger partial charge in [0.15, 0.2) is 12.3 Å². The monoisotopic (exact) mass is 463 g/mol. The maximum Gasteiger partial charge on any atom is 0.501 e. The quantitative estimate of drug-likeness (QED) is 0.435. The van der Waals surface area contributed by atoms with Gasteiger partial charge in [-0.1, -0.05) is 5.16 Å². The van der Waals surface area contributed by atoms with E-state index in [-0.39, 0.29) is 11.4 Å². The van der Waals surface area contributed by atoms with E-state index in [0.717, 1.165) is 17.7 Å². The third kappa shape index (κ3) is 4.45. The fourth-order valence-corrected chi connectivity index (χ4v) is 5.32. The number of urea groups is 1. The molecule has 0 bridgehead atoms. The van der Waals surface area contributed by atoms with Crippen LogP contribution in [0.15, 0.2) is 33.7 Å². The number of nitrogens with one attached hydrogen (secondary N) is 1. The molecule has 0 aromatic carbocycles. The molecule has 4 rings (SSSR count). The Bertz CT molecular complexity index is 1140. The molecule has 0 spiro atoms. The minimum Gasteiger partial charge on any atom is -0.385 e. The molecule has 11 heteroatoms. The number of methoxy groups -OCH3 is 1.